The fraction of sp³-hybridized carbons (Fsp3) is 0.412. The Bertz CT molecular complexity index is 1350. The predicted molar refractivity (Wildman–Crippen MR) is 160 cm³/mol. The van der Waals surface area contributed by atoms with Crippen molar-refractivity contribution in [1.82, 2.24) is 0 Å². The molecular weight excluding hydrogens is 504 g/mol. The number of ketones is 2. The van der Waals surface area contributed by atoms with Gasteiger partial charge in [0.2, 0.25) is 5.78 Å². The molecule has 6 nitrogen and oxygen atoms in total. The summed E-state index contributed by atoms with van der Waals surface area (Å²) >= 11 is 0. The quantitative estimate of drug-likeness (QED) is 0.228. The lowest BCUT2D eigenvalue weighted by molar-refractivity contribution is -0.118. The van der Waals surface area contributed by atoms with Crippen LogP contribution in [0.3, 0.4) is 0 Å². The summed E-state index contributed by atoms with van der Waals surface area (Å²) in [6, 6.07) is 1.59. The number of Topliss-reactive ketones (excluding diaryl/α,β-unsaturated/α-hetero) is 1. The highest BCUT2D eigenvalue weighted by Crippen LogP contribution is 2.48. The van der Waals surface area contributed by atoms with Crippen LogP contribution in [0.1, 0.15) is 78.4 Å². The van der Waals surface area contributed by atoms with Gasteiger partial charge in [-0.1, -0.05) is 40.5 Å². The smallest absolute Gasteiger partial charge is 0.228 e. The van der Waals surface area contributed by atoms with Crippen molar-refractivity contribution in [3.05, 3.63) is 81.2 Å². The van der Waals surface area contributed by atoms with Crippen LogP contribution in [0.2, 0.25) is 0 Å². The van der Waals surface area contributed by atoms with Crippen molar-refractivity contribution >= 4 is 17.1 Å². The molecule has 214 valence electrons. The molecule has 0 saturated carbocycles. The molecule has 1 N–H and O–H groups in total. The van der Waals surface area contributed by atoms with Gasteiger partial charge in [0.25, 0.3) is 0 Å². The zero-order valence-electron chi connectivity index (χ0n) is 25.1. The first-order valence-electron chi connectivity index (χ1n) is 13.8. The molecule has 0 fully saturated rings. The van der Waals surface area contributed by atoms with Crippen molar-refractivity contribution in [3.8, 4) is 17.2 Å². The summed E-state index contributed by atoms with van der Waals surface area (Å²) in [5, 5.41) is 11.2. The maximum Gasteiger partial charge on any atom is 0.228 e. The van der Waals surface area contributed by atoms with Gasteiger partial charge in [-0.3, -0.25) is 9.59 Å². The first-order valence-corrected chi connectivity index (χ1v) is 13.8. The van der Waals surface area contributed by atoms with E-state index in [0.717, 1.165) is 36.8 Å². The normalized spacial score (nSPS) is 17.0. The third-order valence-corrected chi connectivity index (χ3v) is 7.08. The van der Waals surface area contributed by atoms with Gasteiger partial charge in [-0.15, -0.1) is 0 Å². The van der Waals surface area contributed by atoms with E-state index in [1.165, 1.54) is 31.4 Å². The van der Waals surface area contributed by atoms with Gasteiger partial charge in [-0.25, -0.2) is 0 Å². The molecule has 1 atom stereocenters. The van der Waals surface area contributed by atoms with Crippen LogP contribution in [0.5, 0.6) is 17.2 Å². The molecule has 0 saturated heterocycles. The Hall–Kier alpha value is -3.80. The maximum absolute atomic E-state index is 13.6. The lowest BCUT2D eigenvalue weighted by Crippen LogP contribution is -2.34. The average molecular weight is 547 g/mol. The largest absolute Gasteiger partial charge is 0.504 e. The molecule has 3 rings (SSSR count). The molecule has 2 aliphatic rings. The summed E-state index contributed by atoms with van der Waals surface area (Å²) in [6.45, 7) is 12.3. The second-order valence-electron chi connectivity index (χ2n) is 10.9. The number of hydrogen-bond acceptors (Lipinski definition) is 6. The molecule has 40 heavy (non-hydrogen) atoms. The van der Waals surface area contributed by atoms with E-state index < -0.39 is 11.9 Å². The summed E-state index contributed by atoms with van der Waals surface area (Å²) in [6.07, 6.45) is 12.5. The molecule has 1 aromatic rings. The fourth-order valence-electron chi connectivity index (χ4n) is 4.92. The van der Waals surface area contributed by atoms with Crippen LogP contribution < -0.4 is 9.47 Å². The minimum Gasteiger partial charge on any atom is -0.504 e. The number of fused-ring (bicyclic) bond motifs is 2. The molecule has 0 bridgehead atoms. The van der Waals surface area contributed by atoms with E-state index in [9.17, 15) is 14.7 Å². The van der Waals surface area contributed by atoms with E-state index in [1.807, 2.05) is 26.0 Å². The van der Waals surface area contributed by atoms with E-state index >= 15 is 0 Å². The Morgan fingerprint density at radius 3 is 2.12 bits per heavy atom. The van der Waals surface area contributed by atoms with E-state index in [2.05, 4.69) is 39.8 Å². The number of carbonyl (C=O) groups excluding carboxylic acids is 2. The van der Waals surface area contributed by atoms with Crippen molar-refractivity contribution in [1.29, 1.82) is 0 Å². The molecule has 1 aliphatic carbocycles. The zero-order valence-corrected chi connectivity index (χ0v) is 25.1. The van der Waals surface area contributed by atoms with Crippen molar-refractivity contribution in [2.75, 3.05) is 14.2 Å². The number of rotatable bonds is 11. The number of hydrogen-bond donors (Lipinski definition) is 1. The second-order valence-corrected chi connectivity index (χ2v) is 10.9. The van der Waals surface area contributed by atoms with E-state index in [1.54, 1.807) is 6.07 Å². The second kappa shape index (κ2) is 13.5. The van der Waals surface area contributed by atoms with E-state index in [0.29, 0.717) is 23.3 Å². The molecule has 1 aliphatic heterocycles. The first-order chi connectivity index (χ1) is 19.0. The van der Waals surface area contributed by atoms with Gasteiger partial charge in [0, 0.05) is 28.8 Å². The lowest BCUT2D eigenvalue weighted by atomic mass is 9.80. The fourth-order valence-corrected chi connectivity index (χ4v) is 4.92. The van der Waals surface area contributed by atoms with Gasteiger partial charge in [0.1, 0.15) is 11.9 Å². The number of aromatic hydroxyl groups is 1. The van der Waals surface area contributed by atoms with Gasteiger partial charge >= 0.3 is 0 Å². The molecule has 6 heteroatoms. The molecule has 0 amide bonds. The molecule has 0 spiro atoms. The Balaban J connectivity index is 2.16. The number of methoxy groups -OCH3 is 2. The Morgan fingerprint density at radius 2 is 1.55 bits per heavy atom. The molecular formula is C34H42O6. The summed E-state index contributed by atoms with van der Waals surface area (Å²) in [7, 11) is 2.85. The monoisotopic (exact) mass is 546 g/mol. The van der Waals surface area contributed by atoms with Crippen LogP contribution in [0.15, 0.2) is 70.1 Å². The minimum absolute atomic E-state index is 0.0225. The van der Waals surface area contributed by atoms with Gasteiger partial charge < -0.3 is 19.3 Å². The highest BCUT2D eigenvalue weighted by Gasteiger charge is 2.41. The molecule has 0 radical (unpaired) electrons. The number of benzene rings is 1. The van der Waals surface area contributed by atoms with Crippen LogP contribution in [0, 0.1) is 0 Å². The molecule has 1 heterocycles. The zero-order chi connectivity index (χ0) is 29.6. The van der Waals surface area contributed by atoms with E-state index in [-0.39, 0.29) is 34.2 Å². The number of allylic oxidation sites excluding steroid dienone is 10. The van der Waals surface area contributed by atoms with Crippen molar-refractivity contribution < 1.29 is 28.9 Å². The van der Waals surface area contributed by atoms with Crippen LogP contribution in [-0.4, -0.2) is 37.0 Å². The van der Waals surface area contributed by atoms with Crippen LogP contribution in [0.25, 0.3) is 5.57 Å². The Morgan fingerprint density at radius 1 is 0.925 bits per heavy atom. The summed E-state index contributed by atoms with van der Waals surface area (Å²) < 4.78 is 17.2. The topological polar surface area (TPSA) is 82.1 Å². The molecule has 1 aromatic carbocycles. The summed E-state index contributed by atoms with van der Waals surface area (Å²) in [5.74, 6) is -0.196. The average Bonchev–Trinajstić information content (AvgIpc) is 2.88. The van der Waals surface area contributed by atoms with Crippen molar-refractivity contribution in [3.63, 3.8) is 0 Å². The number of ether oxygens (including phenoxy) is 3. The summed E-state index contributed by atoms with van der Waals surface area (Å²) in [5.41, 5.74) is 6.09. The summed E-state index contributed by atoms with van der Waals surface area (Å²) in [4.78, 5) is 27.1. The SMILES string of the molecule is COC1=CC(=O)C2=C(C1=O)C(C=C(C)CCC=C(C)C)Oc1cc(OC)c(O)c(CC=C(C)CCC=C(C)C)c12. The van der Waals surface area contributed by atoms with Crippen LogP contribution in [-0.2, 0) is 20.7 Å². The Kier molecular flexibility index (Phi) is 10.4. The standard InChI is InChI=1S/C34H42O6/c1-20(2)11-9-13-22(5)15-16-24-30-27(19-29(39-8)33(24)36)40-26(17-23(6)14-10-12-21(3)4)32-31(30)25(35)18-28(38-7)34(32)37/h11-12,15,17-19,26,36H,9-10,13-14,16H2,1-8H3. The van der Waals surface area contributed by atoms with Gasteiger partial charge in [0.05, 0.1) is 19.8 Å². The highest BCUT2D eigenvalue weighted by atomic mass is 16.5. The predicted octanol–water partition coefficient (Wildman–Crippen LogP) is 7.53. The minimum atomic E-state index is -0.784. The van der Waals surface area contributed by atoms with E-state index in [4.69, 9.17) is 14.2 Å². The van der Waals surface area contributed by atoms with Crippen LogP contribution in [0.4, 0.5) is 0 Å². The van der Waals surface area contributed by atoms with Gasteiger partial charge in [-0.2, -0.15) is 0 Å². The number of phenolic OH excluding ortho intramolecular Hbond substituents is 1. The van der Waals surface area contributed by atoms with Crippen molar-refractivity contribution in [2.24, 2.45) is 0 Å². The van der Waals surface area contributed by atoms with Crippen molar-refractivity contribution in [2.45, 2.75) is 79.8 Å². The third-order valence-electron chi connectivity index (χ3n) is 7.08. The molecule has 0 aromatic heterocycles. The first kappa shape index (κ1) is 30.7. The third kappa shape index (κ3) is 7.04. The number of phenols is 1. The highest BCUT2D eigenvalue weighted by molar-refractivity contribution is 6.38. The maximum atomic E-state index is 13.6. The van der Waals surface area contributed by atoms with Crippen LogP contribution >= 0.6 is 0 Å². The lowest BCUT2D eigenvalue weighted by Gasteiger charge is -2.32. The van der Waals surface area contributed by atoms with Gasteiger partial charge in [0.15, 0.2) is 23.0 Å². The Labute approximate surface area is 238 Å². The van der Waals surface area contributed by atoms with Gasteiger partial charge in [-0.05, 0) is 79.7 Å². The number of carbonyl (C=O) groups is 2. The molecule has 1 unspecified atom stereocenters.